The number of anilines is 1. The van der Waals surface area contributed by atoms with Crippen LogP contribution in [0.3, 0.4) is 0 Å². The number of hydrogen-bond donors (Lipinski definition) is 2. The van der Waals surface area contributed by atoms with E-state index in [1.165, 1.54) is 18.2 Å². The predicted octanol–water partition coefficient (Wildman–Crippen LogP) is 5.40. The highest BCUT2D eigenvalue weighted by Gasteiger charge is 2.26. The Morgan fingerprint density at radius 3 is 2.56 bits per heavy atom. The third-order valence-electron chi connectivity index (χ3n) is 7.48. The predicted molar refractivity (Wildman–Crippen MR) is 156 cm³/mol. The van der Waals surface area contributed by atoms with Gasteiger partial charge in [0, 0.05) is 47.7 Å². The van der Waals surface area contributed by atoms with E-state index in [1.807, 2.05) is 43.5 Å². The first kappa shape index (κ1) is 27.1. The lowest BCUT2D eigenvalue weighted by molar-refractivity contribution is -0.121. The molecule has 1 aliphatic rings. The average molecular weight is 548 g/mol. The van der Waals surface area contributed by atoms with Gasteiger partial charge < -0.3 is 19.6 Å². The van der Waals surface area contributed by atoms with Gasteiger partial charge in [0.1, 0.15) is 27.4 Å². The summed E-state index contributed by atoms with van der Waals surface area (Å²) in [6.07, 6.45) is 7.31. The van der Waals surface area contributed by atoms with E-state index in [2.05, 4.69) is 40.3 Å². The second kappa shape index (κ2) is 11.3. The van der Waals surface area contributed by atoms with Crippen molar-refractivity contribution in [3.63, 3.8) is 0 Å². The van der Waals surface area contributed by atoms with Crippen molar-refractivity contribution in [3.05, 3.63) is 88.5 Å². The monoisotopic (exact) mass is 547 g/mol. The number of H-pyrrole nitrogens is 1. The number of hydrogen-bond acceptors (Lipinski definition) is 5. The number of nitrogens with zero attached hydrogens (tertiary/aromatic N) is 1. The maximum absolute atomic E-state index is 13.5. The van der Waals surface area contributed by atoms with Gasteiger partial charge in [0.15, 0.2) is 0 Å². The zero-order valence-corrected chi connectivity index (χ0v) is 23.7. The van der Waals surface area contributed by atoms with E-state index in [1.54, 1.807) is 0 Å². The highest BCUT2D eigenvalue weighted by atomic mass is 32.2. The van der Waals surface area contributed by atoms with Crippen molar-refractivity contribution in [2.45, 2.75) is 52.0 Å². The Bertz CT molecular complexity index is 1580. The van der Waals surface area contributed by atoms with Crippen molar-refractivity contribution >= 4 is 32.3 Å². The number of carbonyl (C=O) groups excluding carboxylic acids is 1. The average Bonchev–Trinajstić information content (AvgIpc) is 3.52. The first-order valence-electron chi connectivity index (χ1n) is 13.6. The molecule has 4 aromatic rings. The molecule has 39 heavy (non-hydrogen) atoms. The van der Waals surface area contributed by atoms with Crippen LogP contribution in [0.1, 0.15) is 59.1 Å². The van der Waals surface area contributed by atoms with E-state index >= 15 is 0 Å². The Morgan fingerprint density at radius 2 is 1.85 bits per heavy atom. The van der Waals surface area contributed by atoms with Gasteiger partial charge in [-0.1, -0.05) is 18.2 Å². The van der Waals surface area contributed by atoms with Gasteiger partial charge in [-0.2, -0.15) is 0 Å². The van der Waals surface area contributed by atoms with E-state index in [0.29, 0.717) is 12.2 Å². The zero-order valence-electron chi connectivity index (χ0n) is 22.9. The molecule has 2 aromatic carbocycles. The number of aromatic nitrogens is 1. The van der Waals surface area contributed by atoms with Gasteiger partial charge >= 0.3 is 0 Å². The minimum absolute atomic E-state index is 0.0881. The fourth-order valence-electron chi connectivity index (χ4n) is 5.45. The van der Waals surface area contributed by atoms with Crippen LogP contribution in [-0.2, 0) is 27.5 Å². The van der Waals surface area contributed by atoms with Gasteiger partial charge in [-0.15, -0.1) is 0 Å². The number of furan rings is 1. The lowest BCUT2D eigenvalue weighted by Gasteiger charge is -2.32. The number of nitrogens with one attached hydrogen (secondary N) is 2. The van der Waals surface area contributed by atoms with Crippen LogP contribution in [0.4, 0.5) is 5.69 Å². The Balaban J connectivity index is 1.41. The van der Waals surface area contributed by atoms with Crippen molar-refractivity contribution < 1.29 is 17.6 Å². The van der Waals surface area contributed by atoms with E-state index < -0.39 is 15.9 Å². The maximum atomic E-state index is 13.5. The Hall–Kier alpha value is -3.52. The molecular formula is C31H37N3O4S. The van der Waals surface area contributed by atoms with Gasteiger partial charge in [0.05, 0.1) is 12.2 Å². The first-order chi connectivity index (χ1) is 18.7. The molecule has 1 amide bonds. The Labute approximate surface area is 230 Å². The quantitative estimate of drug-likeness (QED) is 0.292. The van der Waals surface area contributed by atoms with Crippen LogP contribution < -0.4 is 10.2 Å². The molecule has 206 valence electrons. The molecule has 3 heterocycles. The summed E-state index contributed by atoms with van der Waals surface area (Å²) in [5.41, 5.74) is 6.11. The SMILES string of the molecule is Cc1ccc(C(NC(=O)Cc2ccc3[nH]cc(CCS(C)(=O)=O)c3c2)c2ccc(C)o2)c(N2CCCCC2)c1. The normalized spacial score (nSPS) is 15.0. The minimum atomic E-state index is -3.07. The maximum Gasteiger partial charge on any atom is 0.225 e. The smallest absolute Gasteiger partial charge is 0.225 e. The van der Waals surface area contributed by atoms with Gasteiger partial charge in [-0.25, -0.2) is 8.42 Å². The summed E-state index contributed by atoms with van der Waals surface area (Å²) in [6, 6.07) is 15.8. The highest BCUT2D eigenvalue weighted by Crippen LogP contribution is 2.34. The molecule has 0 saturated carbocycles. The number of piperidine rings is 1. The highest BCUT2D eigenvalue weighted by molar-refractivity contribution is 7.90. The summed E-state index contributed by atoms with van der Waals surface area (Å²) in [5.74, 6) is 1.50. The van der Waals surface area contributed by atoms with E-state index in [9.17, 15) is 13.2 Å². The second-order valence-corrected chi connectivity index (χ2v) is 13.1. The van der Waals surface area contributed by atoms with Gasteiger partial charge in [-0.05, 0) is 86.6 Å². The Morgan fingerprint density at radius 1 is 1.05 bits per heavy atom. The number of benzene rings is 2. The van der Waals surface area contributed by atoms with Crippen molar-refractivity contribution in [1.82, 2.24) is 10.3 Å². The molecular weight excluding hydrogens is 510 g/mol. The summed E-state index contributed by atoms with van der Waals surface area (Å²) in [4.78, 5) is 19.1. The molecule has 1 atom stereocenters. The zero-order chi connectivity index (χ0) is 27.6. The lowest BCUT2D eigenvalue weighted by atomic mass is 9.97. The molecule has 0 bridgehead atoms. The van der Waals surface area contributed by atoms with E-state index in [4.69, 9.17) is 4.42 Å². The molecule has 5 rings (SSSR count). The van der Waals surface area contributed by atoms with E-state index in [0.717, 1.165) is 65.0 Å². The molecule has 7 nitrogen and oxygen atoms in total. The standard InChI is InChI=1S/C31H37N3O4S/c1-21-7-10-25(28(17-21)34-14-5-4-6-15-34)31(29-12-8-22(2)38-29)33-30(35)19-23-9-11-27-26(18-23)24(20-32-27)13-16-39(3,36)37/h7-12,17-18,20,31-32H,4-6,13-16,19H2,1-3H3,(H,33,35). The van der Waals surface area contributed by atoms with Crippen LogP contribution in [-0.4, -0.2) is 44.4 Å². The van der Waals surface area contributed by atoms with Crippen LogP contribution >= 0.6 is 0 Å². The fraction of sp³-hybridized carbons (Fsp3) is 0.387. The molecule has 8 heteroatoms. The summed E-state index contributed by atoms with van der Waals surface area (Å²) in [7, 11) is -3.07. The van der Waals surface area contributed by atoms with Crippen LogP contribution in [0.25, 0.3) is 10.9 Å². The molecule has 2 aromatic heterocycles. The molecule has 1 fully saturated rings. The summed E-state index contributed by atoms with van der Waals surface area (Å²) >= 11 is 0. The number of amides is 1. The number of aryl methyl sites for hydroxylation is 3. The van der Waals surface area contributed by atoms with Crippen molar-refractivity contribution in [1.29, 1.82) is 0 Å². The molecule has 1 saturated heterocycles. The van der Waals surface area contributed by atoms with Crippen molar-refractivity contribution in [2.75, 3.05) is 30.0 Å². The van der Waals surface area contributed by atoms with Crippen LogP contribution in [0.15, 0.2) is 59.1 Å². The first-order valence-corrected chi connectivity index (χ1v) is 15.7. The Kier molecular flexibility index (Phi) is 7.84. The van der Waals surface area contributed by atoms with Crippen molar-refractivity contribution in [3.8, 4) is 0 Å². The number of fused-ring (bicyclic) bond motifs is 1. The largest absolute Gasteiger partial charge is 0.464 e. The summed E-state index contributed by atoms with van der Waals surface area (Å²) in [6.45, 7) is 6.03. The molecule has 0 spiro atoms. The third kappa shape index (κ3) is 6.56. The fourth-order valence-corrected chi connectivity index (χ4v) is 6.04. The lowest BCUT2D eigenvalue weighted by Crippen LogP contribution is -2.34. The van der Waals surface area contributed by atoms with Crippen LogP contribution in [0.5, 0.6) is 0 Å². The van der Waals surface area contributed by atoms with E-state index in [-0.39, 0.29) is 18.1 Å². The second-order valence-electron chi connectivity index (χ2n) is 10.8. The molecule has 2 N–H and O–H groups in total. The minimum Gasteiger partial charge on any atom is -0.464 e. The number of aromatic amines is 1. The number of sulfone groups is 1. The van der Waals surface area contributed by atoms with Gasteiger partial charge in [-0.3, -0.25) is 4.79 Å². The van der Waals surface area contributed by atoms with Crippen LogP contribution in [0, 0.1) is 13.8 Å². The molecule has 1 aliphatic heterocycles. The number of carbonyl (C=O) groups is 1. The topological polar surface area (TPSA) is 95.4 Å². The van der Waals surface area contributed by atoms with Crippen LogP contribution in [0.2, 0.25) is 0 Å². The molecule has 0 radical (unpaired) electrons. The van der Waals surface area contributed by atoms with Crippen molar-refractivity contribution in [2.24, 2.45) is 0 Å². The summed E-state index contributed by atoms with van der Waals surface area (Å²) < 4.78 is 29.4. The van der Waals surface area contributed by atoms with Gasteiger partial charge in [0.2, 0.25) is 5.91 Å². The molecule has 0 aliphatic carbocycles. The van der Waals surface area contributed by atoms with Gasteiger partial charge in [0.25, 0.3) is 0 Å². The third-order valence-corrected chi connectivity index (χ3v) is 8.43. The summed E-state index contributed by atoms with van der Waals surface area (Å²) in [5, 5.41) is 4.22. The number of rotatable bonds is 9. The molecule has 1 unspecified atom stereocenters.